The number of benzene rings is 2. The van der Waals surface area contributed by atoms with Gasteiger partial charge in [-0.25, -0.2) is 0 Å². The number of nitrogens with zero attached hydrogens (tertiary/aromatic N) is 1. The molecule has 1 aliphatic heterocycles. The molecule has 1 saturated heterocycles. The molecule has 2 aromatic rings. The minimum absolute atomic E-state index is 0.0436. The van der Waals surface area contributed by atoms with E-state index in [0.717, 1.165) is 15.7 Å². The fourth-order valence-electron chi connectivity index (χ4n) is 3.26. The number of hydrogen-bond acceptors (Lipinski definition) is 3. The van der Waals surface area contributed by atoms with E-state index in [1.54, 1.807) is 12.0 Å². The summed E-state index contributed by atoms with van der Waals surface area (Å²) in [5, 5.41) is 2.97. The number of hydrogen-bond donors (Lipinski definition) is 1. The van der Waals surface area contributed by atoms with Gasteiger partial charge in [-0.05, 0) is 47.4 Å². The predicted molar refractivity (Wildman–Crippen MR) is 115 cm³/mol. The summed E-state index contributed by atoms with van der Waals surface area (Å²) in [6.45, 7) is 6.72. The highest BCUT2D eigenvalue weighted by Gasteiger charge is 2.35. The average molecular weight is 445 g/mol. The molecule has 1 unspecified atom stereocenters. The molecule has 0 bridgehead atoms. The molecular weight excluding hydrogens is 420 g/mol. The van der Waals surface area contributed by atoms with Crippen molar-refractivity contribution in [2.24, 2.45) is 5.92 Å². The van der Waals surface area contributed by atoms with E-state index in [9.17, 15) is 9.59 Å². The molecule has 1 atom stereocenters. The largest absolute Gasteiger partial charge is 0.495 e. The van der Waals surface area contributed by atoms with Crippen LogP contribution in [0.15, 0.2) is 46.9 Å². The molecular formula is C22H25BrN2O3. The minimum atomic E-state index is -0.404. The lowest BCUT2D eigenvalue weighted by Gasteiger charge is -2.22. The summed E-state index contributed by atoms with van der Waals surface area (Å²) in [6, 6.07) is 13.3. The molecule has 6 heteroatoms. The number of anilines is 2. The Hall–Kier alpha value is -2.34. The minimum Gasteiger partial charge on any atom is -0.495 e. The van der Waals surface area contributed by atoms with E-state index in [4.69, 9.17) is 4.74 Å². The first-order valence-corrected chi connectivity index (χ1v) is 10.0. The van der Waals surface area contributed by atoms with Crippen LogP contribution in [0.4, 0.5) is 11.4 Å². The van der Waals surface area contributed by atoms with Crippen molar-refractivity contribution in [2.75, 3.05) is 23.9 Å². The highest BCUT2D eigenvalue weighted by atomic mass is 79.9. The van der Waals surface area contributed by atoms with E-state index in [1.165, 1.54) is 0 Å². The Morgan fingerprint density at radius 1 is 1.18 bits per heavy atom. The van der Waals surface area contributed by atoms with Gasteiger partial charge in [0.1, 0.15) is 5.75 Å². The van der Waals surface area contributed by atoms with Crippen LogP contribution in [0.25, 0.3) is 0 Å². The van der Waals surface area contributed by atoms with Crippen molar-refractivity contribution in [1.29, 1.82) is 0 Å². The van der Waals surface area contributed by atoms with E-state index in [0.29, 0.717) is 18.0 Å². The Kier molecular flexibility index (Phi) is 5.79. The van der Waals surface area contributed by atoms with Crippen LogP contribution in [0, 0.1) is 5.92 Å². The van der Waals surface area contributed by atoms with Crippen LogP contribution in [-0.2, 0) is 15.0 Å². The summed E-state index contributed by atoms with van der Waals surface area (Å²) < 4.78 is 6.35. The molecule has 0 radical (unpaired) electrons. The number of rotatable bonds is 4. The van der Waals surface area contributed by atoms with Gasteiger partial charge in [0.2, 0.25) is 11.8 Å². The number of ether oxygens (including phenoxy) is 1. The number of methoxy groups -OCH3 is 1. The first-order valence-electron chi connectivity index (χ1n) is 9.24. The van der Waals surface area contributed by atoms with Gasteiger partial charge in [-0.2, -0.15) is 0 Å². The Bertz CT molecular complexity index is 888. The molecule has 0 aliphatic carbocycles. The van der Waals surface area contributed by atoms with Gasteiger partial charge >= 0.3 is 0 Å². The van der Waals surface area contributed by atoms with Gasteiger partial charge < -0.3 is 15.0 Å². The van der Waals surface area contributed by atoms with E-state index >= 15 is 0 Å². The standard InChI is InChI=1S/C22H25BrN2O3/c1-22(2,3)15-5-10-19(28-4)18(12-15)24-21(27)14-11-20(26)25(13-14)17-8-6-16(23)7-9-17/h5-10,12,14H,11,13H2,1-4H3,(H,24,27). The lowest BCUT2D eigenvalue weighted by Crippen LogP contribution is -2.28. The van der Waals surface area contributed by atoms with Crippen LogP contribution in [0.5, 0.6) is 5.75 Å². The van der Waals surface area contributed by atoms with E-state index < -0.39 is 5.92 Å². The maximum absolute atomic E-state index is 12.9. The highest BCUT2D eigenvalue weighted by Crippen LogP contribution is 2.33. The number of carbonyl (C=O) groups excluding carboxylic acids is 2. The fraction of sp³-hybridized carbons (Fsp3) is 0.364. The number of amides is 2. The monoisotopic (exact) mass is 444 g/mol. The molecule has 28 heavy (non-hydrogen) atoms. The molecule has 1 heterocycles. The van der Waals surface area contributed by atoms with Crippen molar-refractivity contribution in [3.8, 4) is 5.75 Å². The Balaban J connectivity index is 1.76. The summed E-state index contributed by atoms with van der Waals surface area (Å²) in [5.74, 6) is -0.00946. The highest BCUT2D eigenvalue weighted by molar-refractivity contribution is 9.10. The molecule has 0 spiro atoms. The third kappa shape index (κ3) is 4.38. The van der Waals surface area contributed by atoms with E-state index in [1.807, 2.05) is 42.5 Å². The van der Waals surface area contributed by atoms with Crippen molar-refractivity contribution in [3.05, 3.63) is 52.5 Å². The van der Waals surface area contributed by atoms with Crippen molar-refractivity contribution in [3.63, 3.8) is 0 Å². The summed E-state index contributed by atoms with van der Waals surface area (Å²) in [4.78, 5) is 27.0. The Labute approximate surface area is 174 Å². The summed E-state index contributed by atoms with van der Waals surface area (Å²) in [7, 11) is 1.58. The molecule has 1 aliphatic rings. The molecule has 0 saturated carbocycles. The Morgan fingerprint density at radius 3 is 2.46 bits per heavy atom. The second-order valence-corrected chi connectivity index (χ2v) is 8.95. The Morgan fingerprint density at radius 2 is 1.86 bits per heavy atom. The zero-order chi connectivity index (χ0) is 20.5. The molecule has 1 N–H and O–H groups in total. The predicted octanol–water partition coefficient (Wildman–Crippen LogP) is 4.75. The van der Waals surface area contributed by atoms with Crippen LogP contribution in [0.2, 0.25) is 0 Å². The third-order valence-corrected chi connectivity index (χ3v) is 5.49. The summed E-state index contributed by atoms with van der Waals surface area (Å²) in [5.41, 5.74) is 2.49. The zero-order valence-electron chi connectivity index (χ0n) is 16.6. The number of carbonyl (C=O) groups is 2. The molecule has 3 rings (SSSR count). The van der Waals surface area contributed by atoms with E-state index in [-0.39, 0.29) is 23.7 Å². The first kappa shape index (κ1) is 20.4. The zero-order valence-corrected chi connectivity index (χ0v) is 18.2. The van der Waals surface area contributed by atoms with Gasteiger partial charge in [0.15, 0.2) is 0 Å². The molecule has 2 aromatic carbocycles. The van der Waals surface area contributed by atoms with Crippen molar-refractivity contribution in [1.82, 2.24) is 0 Å². The molecule has 2 amide bonds. The molecule has 0 aromatic heterocycles. The molecule has 5 nitrogen and oxygen atoms in total. The lowest BCUT2D eigenvalue weighted by molar-refractivity contribution is -0.122. The van der Waals surface area contributed by atoms with Crippen LogP contribution >= 0.6 is 15.9 Å². The van der Waals surface area contributed by atoms with Crippen molar-refractivity contribution >= 4 is 39.1 Å². The van der Waals surface area contributed by atoms with Crippen molar-refractivity contribution in [2.45, 2.75) is 32.6 Å². The second kappa shape index (κ2) is 7.95. The maximum Gasteiger partial charge on any atom is 0.229 e. The van der Waals surface area contributed by atoms with Gasteiger partial charge in [-0.3, -0.25) is 9.59 Å². The normalized spacial score (nSPS) is 17.0. The van der Waals surface area contributed by atoms with Gasteiger partial charge in [0, 0.05) is 23.1 Å². The SMILES string of the molecule is COc1ccc(C(C)(C)C)cc1NC(=O)C1CC(=O)N(c2ccc(Br)cc2)C1. The van der Waals surface area contributed by atoms with Crippen LogP contribution in [-0.4, -0.2) is 25.5 Å². The number of halogens is 1. The second-order valence-electron chi connectivity index (χ2n) is 8.04. The number of nitrogens with one attached hydrogen (secondary N) is 1. The third-order valence-electron chi connectivity index (χ3n) is 4.96. The topological polar surface area (TPSA) is 58.6 Å². The smallest absolute Gasteiger partial charge is 0.229 e. The lowest BCUT2D eigenvalue weighted by atomic mass is 9.86. The quantitative estimate of drug-likeness (QED) is 0.739. The van der Waals surface area contributed by atoms with Gasteiger partial charge in [0.05, 0.1) is 18.7 Å². The van der Waals surface area contributed by atoms with Crippen LogP contribution in [0.3, 0.4) is 0 Å². The molecule has 1 fully saturated rings. The van der Waals surface area contributed by atoms with Gasteiger partial charge in [0.25, 0.3) is 0 Å². The fourth-order valence-corrected chi connectivity index (χ4v) is 3.53. The van der Waals surface area contributed by atoms with Crippen molar-refractivity contribution < 1.29 is 14.3 Å². The average Bonchev–Trinajstić information content (AvgIpc) is 3.03. The first-order chi connectivity index (χ1) is 13.2. The maximum atomic E-state index is 12.9. The summed E-state index contributed by atoms with van der Waals surface area (Å²) in [6.07, 6.45) is 0.198. The van der Waals surface area contributed by atoms with E-state index in [2.05, 4.69) is 42.0 Å². The summed E-state index contributed by atoms with van der Waals surface area (Å²) >= 11 is 3.40. The van der Waals surface area contributed by atoms with Crippen LogP contribution in [0.1, 0.15) is 32.8 Å². The van der Waals surface area contributed by atoms with Crippen LogP contribution < -0.4 is 15.0 Å². The van der Waals surface area contributed by atoms with Gasteiger partial charge in [-0.1, -0.05) is 42.8 Å². The van der Waals surface area contributed by atoms with Gasteiger partial charge in [-0.15, -0.1) is 0 Å². The molecule has 148 valence electrons.